The number of nitrogen functional groups attached to an aromatic ring is 1. The van der Waals surface area contributed by atoms with Gasteiger partial charge in [-0.25, -0.2) is 0 Å². The topological polar surface area (TPSA) is 64.3 Å². The van der Waals surface area contributed by atoms with Crippen LogP contribution in [-0.2, 0) is 16.0 Å². The molecule has 1 amide bonds. The van der Waals surface area contributed by atoms with Crippen LogP contribution >= 0.6 is 0 Å². The van der Waals surface area contributed by atoms with E-state index in [2.05, 4.69) is 5.32 Å². The minimum Gasteiger partial charge on any atom is -0.399 e. The molecule has 20 heavy (non-hydrogen) atoms. The van der Waals surface area contributed by atoms with Gasteiger partial charge >= 0.3 is 0 Å². The third-order valence-corrected chi connectivity index (χ3v) is 4.76. The Morgan fingerprint density at radius 3 is 2.95 bits per heavy atom. The predicted molar refractivity (Wildman–Crippen MR) is 78.3 cm³/mol. The first-order valence-corrected chi connectivity index (χ1v) is 7.35. The molecule has 0 aliphatic heterocycles. The van der Waals surface area contributed by atoms with Crippen molar-refractivity contribution in [3.63, 3.8) is 0 Å². The largest absolute Gasteiger partial charge is 0.399 e. The SMILES string of the molecule is COC1(CC(=O)NC2CCc3cc(N)ccc32)CCC1. The molecule has 1 aromatic carbocycles. The fourth-order valence-corrected chi connectivity index (χ4v) is 3.35. The van der Waals surface area contributed by atoms with Crippen LogP contribution in [0.1, 0.15) is 49.3 Å². The molecule has 1 saturated carbocycles. The van der Waals surface area contributed by atoms with Gasteiger partial charge in [-0.2, -0.15) is 0 Å². The molecular formula is C16H22N2O2. The van der Waals surface area contributed by atoms with Gasteiger partial charge in [-0.05, 0) is 55.4 Å². The highest BCUT2D eigenvalue weighted by Gasteiger charge is 2.39. The normalized spacial score (nSPS) is 22.9. The molecule has 0 saturated heterocycles. The molecular weight excluding hydrogens is 252 g/mol. The Morgan fingerprint density at radius 1 is 1.50 bits per heavy atom. The van der Waals surface area contributed by atoms with Gasteiger partial charge in [0.2, 0.25) is 5.91 Å². The van der Waals surface area contributed by atoms with Crippen LogP contribution in [0.2, 0.25) is 0 Å². The average molecular weight is 274 g/mol. The molecule has 2 aliphatic carbocycles. The van der Waals surface area contributed by atoms with Crippen molar-refractivity contribution in [1.29, 1.82) is 0 Å². The molecule has 0 spiro atoms. The lowest BCUT2D eigenvalue weighted by atomic mass is 9.77. The second-order valence-corrected chi connectivity index (χ2v) is 6.03. The van der Waals surface area contributed by atoms with Crippen LogP contribution in [0, 0.1) is 0 Å². The number of methoxy groups -OCH3 is 1. The standard InChI is InChI=1S/C16H22N2O2/c1-20-16(7-2-8-16)10-15(19)18-14-6-3-11-9-12(17)4-5-13(11)14/h4-5,9,14H,2-3,6-8,10,17H2,1H3,(H,18,19). The third-order valence-electron chi connectivity index (χ3n) is 4.76. The van der Waals surface area contributed by atoms with Crippen molar-refractivity contribution in [1.82, 2.24) is 5.32 Å². The number of nitrogens with two attached hydrogens (primary N) is 1. The molecule has 4 heteroatoms. The van der Waals surface area contributed by atoms with Crippen molar-refractivity contribution in [2.45, 2.75) is 50.2 Å². The Balaban J connectivity index is 1.64. The zero-order valence-electron chi connectivity index (χ0n) is 11.9. The summed E-state index contributed by atoms with van der Waals surface area (Å²) in [6.45, 7) is 0. The lowest BCUT2D eigenvalue weighted by Gasteiger charge is -2.40. The maximum Gasteiger partial charge on any atom is 0.223 e. The second kappa shape index (κ2) is 5.09. The van der Waals surface area contributed by atoms with Gasteiger partial charge in [-0.3, -0.25) is 4.79 Å². The quantitative estimate of drug-likeness (QED) is 0.828. The zero-order chi connectivity index (χ0) is 14.2. The van der Waals surface area contributed by atoms with E-state index in [-0.39, 0.29) is 17.6 Å². The first kappa shape index (κ1) is 13.4. The van der Waals surface area contributed by atoms with Crippen LogP contribution in [0.25, 0.3) is 0 Å². The highest BCUT2D eigenvalue weighted by atomic mass is 16.5. The van der Waals surface area contributed by atoms with E-state index in [1.807, 2.05) is 18.2 Å². The number of fused-ring (bicyclic) bond motifs is 1. The fraction of sp³-hybridized carbons (Fsp3) is 0.562. The van der Waals surface area contributed by atoms with Crippen molar-refractivity contribution in [2.24, 2.45) is 0 Å². The molecule has 1 fully saturated rings. The van der Waals surface area contributed by atoms with Crippen LogP contribution in [0.3, 0.4) is 0 Å². The highest BCUT2D eigenvalue weighted by molar-refractivity contribution is 5.78. The number of aryl methyl sites for hydroxylation is 1. The number of nitrogens with one attached hydrogen (secondary N) is 1. The van der Waals surface area contributed by atoms with Crippen LogP contribution in [0.4, 0.5) is 5.69 Å². The summed E-state index contributed by atoms with van der Waals surface area (Å²) in [6.07, 6.45) is 5.58. The Labute approximate surface area is 119 Å². The summed E-state index contributed by atoms with van der Waals surface area (Å²) in [5.74, 6) is 0.0984. The van der Waals surface area contributed by atoms with E-state index in [4.69, 9.17) is 10.5 Å². The van der Waals surface area contributed by atoms with Crippen LogP contribution in [-0.4, -0.2) is 18.6 Å². The number of hydrogen-bond acceptors (Lipinski definition) is 3. The van der Waals surface area contributed by atoms with Crippen molar-refractivity contribution < 1.29 is 9.53 Å². The lowest BCUT2D eigenvalue weighted by Crippen LogP contribution is -2.44. The van der Waals surface area contributed by atoms with E-state index >= 15 is 0 Å². The third kappa shape index (κ3) is 2.40. The molecule has 2 aliphatic rings. The van der Waals surface area contributed by atoms with Gasteiger partial charge in [0.05, 0.1) is 18.1 Å². The second-order valence-electron chi connectivity index (χ2n) is 6.03. The summed E-state index contributed by atoms with van der Waals surface area (Å²) in [4.78, 5) is 12.2. The highest BCUT2D eigenvalue weighted by Crippen LogP contribution is 2.38. The molecule has 0 aromatic heterocycles. The smallest absolute Gasteiger partial charge is 0.223 e. The molecule has 0 radical (unpaired) electrons. The van der Waals surface area contributed by atoms with Gasteiger partial charge in [0.25, 0.3) is 0 Å². The molecule has 1 aromatic rings. The number of benzene rings is 1. The van der Waals surface area contributed by atoms with Crippen LogP contribution in [0.15, 0.2) is 18.2 Å². The molecule has 108 valence electrons. The first-order chi connectivity index (χ1) is 9.62. The van der Waals surface area contributed by atoms with Crippen LogP contribution < -0.4 is 11.1 Å². The number of anilines is 1. The van der Waals surface area contributed by atoms with Gasteiger partial charge in [0.1, 0.15) is 0 Å². The molecule has 0 bridgehead atoms. The minimum absolute atomic E-state index is 0.0984. The van der Waals surface area contributed by atoms with Gasteiger partial charge in [-0.1, -0.05) is 6.07 Å². The predicted octanol–water partition coefficient (Wildman–Crippen LogP) is 2.33. The Bertz CT molecular complexity index is 518. The summed E-state index contributed by atoms with van der Waals surface area (Å²) < 4.78 is 5.52. The lowest BCUT2D eigenvalue weighted by molar-refractivity contribution is -0.135. The van der Waals surface area contributed by atoms with Crippen molar-refractivity contribution >= 4 is 11.6 Å². The molecule has 4 nitrogen and oxygen atoms in total. The fourth-order valence-electron chi connectivity index (χ4n) is 3.35. The maximum absolute atomic E-state index is 12.2. The number of carbonyl (C=O) groups is 1. The number of hydrogen-bond donors (Lipinski definition) is 2. The van der Waals surface area contributed by atoms with Crippen molar-refractivity contribution in [3.05, 3.63) is 29.3 Å². The van der Waals surface area contributed by atoms with Gasteiger partial charge in [0, 0.05) is 12.8 Å². The van der Waals surface area contributed by atoms with Crippen LogP contribution in [0.5, 0.6) is 0 Å². The Kier molecular flexibility index (Phi) is 3.42. The molecule has 0 heterocycles. The van der Waals surface area contributed by atoms with E-state index in [0.717, 1.165) is 37.8 Å². The number of rotatable bonds is 4. The number of carbonyl (C=O) groups excluding carboxylic acids is 1. The van der Waals surface area contributed by atoms with E-state index in [9.17, 15) is 4.79 Å². The molecule has 3 rings (SSSR count). The van der Waals surface area contributed by atoms with Crippen molar-refractivity contribution in [3.8, 4) is 0 Å². The zero-order valence-corrected chi connectivity index (χ0v) is 11.9. The van der Waals surface area contributed by atoms with E-state index < -0.39 is 0 Å². The first-order valence-electron chi connectivity index (χ1n) is 7.35. The molecule has 3 N–H and O–H groups in total. The number of ether oxygens (including phenoxy) is 1. The summed E-state index contributed by atoms with van der Waals surface area (Å²) in [6, 6.07) is 6.10. The van der Waals surface area contributed by atoms with E-state index in [1.54, 1.807) is 7.11 Å². The summed E-state index contributed by atoms with van der Waals surface area (Å²) in [7, 11) is 1.71. The Morgan fingerprint density at radius 2 is 2.30 bits per heavy atom. The molecule has 1 unspecified atom stereocenters. The van der Waals surface area contributed by atoms with Gasteiger partial charge in [0.15, 0.2) is 0 Å². The van der Waals surface area contributed by atoms with E-state index in [1.165, 1.54) is 11.1 Å². The minimum atomic E-state index is -0.202. The number of amides is 1. The summed E-state index contributed by atoms with van der Waals surface area (Å²) in [5.41, 5.74) is 8.87. The Hall–Kier alpha value is -1.55. The van der Waals surface area contributed by atoms with E-state index in [0.29, 0.717) is 6.42 Å². The average Bonchev–Trinajstić information content (AvgIpc) is 2.76. The monoisotopic (exact) mass is 274 g/mol. The maximum atomic E-state index is 12.2. The molecule has 1 atom stereocenters. The van der Waals surface area contributed by atoms with Gasteiger partial charge < -0.3 is 15.8 Å². The van der Waals surface area contributed by atoms with Gasteiger partial charge in [-0.15, -0.1) is 0 Å². The van der Waals surface area contributed by atoms with Crippen molar-refractivity contribution in [2.75, 3.05) is 12.8 Å². The summed E-state index contributed by atoms with van der Waals surface area (Å²) in [5, 5.41) is 3.15. The summed E-state index contributed by atoms with van der Waals surface area (Å²) >= 11 is 0.